The topological polar surface area (TPSA) is 58.6 Å². The fourth-order valence-electron chi connectivity index (χ4n) is 3.08. The molecule has 0 bridgehead atoms. The molecule has 0 radical (unpaired) electrons. The van der Waals surface area contributed by atoms with E-state index in [4.69, 9.17) is 16.3 Å². The molecule has 1 N–H and O–H groups in total. The summed E-state index contributed by atoms with van der Waals surface area (Å²) >= 11 is 6.07. The van der Waals surface area contributed by atoms with Gasteiger partial charge in [-0.2, -0.15) is 0 Å². The molecule has 6 heteroatoms. The monoisotopic (exact) mass is 372 g/mol. The first kappa shape index (κ1) is 18.3. The maximum absolute atomic E-state index is 12.5. The number of rotatable bonds is 4. The maximum Gasteiger partial charge on any atom is 0.233 e. The third kappa shape index (κ3) is 3.99. The van der Waals surface area contributed by atoms with Crippen molar-refractivity contribution in [3.8, 4) is 5.75 Å². The summed E-state index contributed by atoms with van der Waals surface area (Å²) in [7, 11) is 1.51. The number of halogens is 1. The number of hydrogen-bond acceptors (Lipinski definition) is 3. The van der Waals surface area contributed by atoms with Gasteiger partial charge in [-0.1, -0.05) is 35.9 Å². The summed E-state index contributed by atoms with van der Waals surface area (Å²) in [6.45, 7) is 3.02. The van der Waals surface area contributed by atoms with Crippen LogP contribution in [0.5, 0.6) is 5.75 Å². The number of ether oxygens (including phenoxy) is 1. The molecule has 3 rings (SSSR count). The molecule has 2 amide bonds. The first-order valence-corrected chi connectivity index (χ1v) is 8.84. The van der Waals surface area contributed by atoms with Crippen molar-refractivity contribution < 1.29 is 14.3 Å². The molecule has 26 heavy (non-hydrogen) atoms. The lowest BCUT2D eigenvalue weighted by Gasteiger charge is -2.28. The van der Waals surface area contributed by atoms with E-state index in [1.807, 2.05) is 25.1 Å². The first-order chi connectivity index (χ1) is 12.5. The normalized spacial score (nSPS) is 13.1. The van der Waals surface area contributed by atoms with E-state index in [1.54, 1.807) is 17.0 Å². The van der Waals surface area contributed by atoms with Crippen LogP contribution in [0.2, 0.25) is 5.02 Å². The summed E-state index contributed by atoms with van der Waals surface area (Å²) < 4.78 is 5.25. The van der Waals surface area contributed by atoms with Gasteiger partial charge in [0.05, 0.1) is 12.8 Å². The Balaban J connectivity index is 1.64. The Morgan fingerprint density at radius 1 is 1.23 bits per heavy atom. The second kappa shape index (κ2) is 7.79. The number of nitrogens with one attached hydrogen (secondary N) is 1. The Morgan fingerprint density at radius 3 is 2.69 bits per heavy atom. The fourth-order valence-corrected chi connectivity index (χ4v) is 3.24. The van der Waals surface area contributed by atoms with Crippen molar-refractivity contribution >= 4 is 29.1 Å². The number of carbonyl (C=O) groups is 2. The minimum atomic E-state index is -0.367. The predicted octanol–water partition coefficient (Wildman–Crippen LogP) is 3.57. The number of aryl methyl sites for hydroxylation is 1. The van der Waals surface area contributed by atoms with Crippen molar-refractivity contribution in [1.29, 1.82) is 0 Å². The molecule has 5 nitrogen and oxygen atoms in total. The highest BCUT2D eigenvalue weighted by Crippen LogP contribution is 2.31. The van der Waals surface area contributed by atoms with E-state index >= 15 is 0 Å². The Hall–Kier alpha value is -2.53. The predicted molar refractivity (Wildman–Crippen MR) is 102 cm³/mol. The molecule has 0 spiro atoms. The molecule has 0 aliphatic carbocycles. The average Bonchev–Trinajstić information content (AvgIpc) is 2.64. The van der Waals surface area contributed by atoms with Gasteiger partial charge in [0.2, 0.25) is 11.8 Å². The third-order valence-corrected chi connectivity index (χ3v) is 4.96. The van der Waals surface area contributed by atoms with Crippen LogP contribution in [-0.4, -0.2) is 30.4 Å². The molecule has 0 fully saturated rings. The van der Waals surface area contributed by atoms with Crippen LogP contribution in [0.4, 0.5) is 5.69 Å². The van der Waals surface area contributed by atoms with Crippen LogP contribution in [0.25, 0.3) is 0 Å². The van der Waals surface area contributed by atoms with Crippen LogP contribution < -0.4 is 10.1 Å². The van der Waals surface area contributed by atoms with Crippen molar-refractivity contribution in [2.24, 2.45) is 0 Å². The molecule has 0 saturated carbocycles. The Morgan fingerprint density at radius 2 is 1.96 bits per heavy atom. The van der Waals surface area contributed by atoms with Crippen LogP contribution >= 0.6 is 11.6 Å². The van der Waals surface area contributed by atoms with Gasteiger partial charge in [-0.05, 0) is 36.1 Å². The van der Waals surface area contributed by atoms with Gasteiger partial charge in [0.25, 0.3) is 0 Å². The van der Waals surface area contributed by atoms with Crippen LogP contribution in [0.3, 0.4) is 0 Å². The highest BCUT2D eigenvalue weighted by atomic mass is 35.5. The molecule has 1 heterocycles. The molecule has 2 aromatic rings. The van der Waals surface area contributed by atoms with Crippen molar-refractivity contribution in [3.63, 3.8) is 0 Å². The molecule has 2 aromatic carbocycles. The number of amides is 2. The summed E-state index contributed by atoms with van der Waals surface area (Å²) in [5.41, 5.74) is 3.74. The standard InChI is InChI=1S/C20H21ClN2O3/c1-13-9-17(18(26-2)10-16(13)21)22-19(24)11-20(25)23-8-7-14-5-3-4-6-15(14)12-23/h3-6,9-10H,7-8,11-12H2,1-2H3,(H,22,24). The van der Waals surface area contributed by atoms with Crippen LogP contribution in [0.15, 0.2) is 36.4 Å². The Kier molecular flexibility index (Phi) is 5.47. The molecule has 0 saturated heterocycles. The van der Waals surface area contributed by atoms with Crippen LogP contribution in [-0.2, 0) is 22.6 Å². The highest BCUT2D eigenvalue weighted by molar-refractivity contribution is 6.31. The van der Waals surface area contributed by atoms with Gasteiger partial charge in [0.15, 0.2) is 0 Å². The molecule has 1 aliphatic heterocycles. The van der Waals surface area contributed by atoms with Crippen molar-refractivity contribution in [2.45, 2.75) is 26.3 Å². The van der Waals surface area contributed by atoms with E-state index in [9.17, 15) is 9.59 Å². The zero-order chi connectivity index (χ0) is 18.7. The molecule has 0 atom stereocenters. The summed E-state index contributed by atoms with van der Waals surface area (Å²) in [5, 5.41) is 3.31. The first-order valence-electron chi connectivity index (χ1n) is 8.46. The molecular weight excluding hydrogens is 352 g/mol. The fraction of sp³-hybridized carbons (Fsp3) is 0.300. The minimum Gasteiger partial charge on any atom is -0.495 e. The summed E-state index contributed by atoms with van der Waals surface area (Å²) in [6.07, 6.45) is 0.612. The number of anilines is 1. The summed E-state index contributed by atoms with van der Waals surface area (Å²) in [6, 6.07) is 11.5. The van der Waals surface area contributed by atoms with Crippen LogP contribution in [0, 0.1) is 6.92 Å². The molecular formula is C20H21ClN2O3. The SMILES string of the molecule is COc1cc(Cl)c(C)cc1NC(=O)CC(=O)N1CCc2ccccc2C1. The number of methoxy groups -OCH3 is 1. The van der Waals surface area contributed by atoms with Crippen molar-refractivity contribution in [3.05, 3.63) is 58.1 Å². The number of benzene rings is 2. The quantitative estimate of drug-likeness (QED) is 0.835. The van der Waals surface area contributed by atoms with E-state index in [-0.39, 0.29) is 18.2 Å². The molecule has 1 aliphatic rings. The van der Waals surface area contributed by atoms with Gasteiger partial charge in [-0.3, -0.25) is 9.59 Å². The van der Waals surface area contributed by atoms with Gasteiger partial charge in [0.1, 0.15) is 12.2 Å². The number of fused-ring (bicyclic) bond motifs is 1. The van der Waals surface area contributed by atoms with Crippen LogP contribution in [0.1, 0.15) is 23.1 Å². The second-order valence-electron chi connectivity index (χ2n) is 6.36. The van der Waals surface area contributed by atoms with Gasteiger partial charge < -0.3 is 15.0 Å². The summed E-state index contributed by atoms with van der Waals surface area (Å²) in [5.74, 6) is -0.0798. The number of carbonyl (C=O) groups excluding carboxylic acids is 2. The second-order valence-corrected chi connectivity index (χ2v) is 6.77. The lowest BCUT2D eigenvalue weighted by molar-refractivity contribution is -0.135. The third-order valence-electron chi connectivity index (χ3n) is 4.55. The van der Waals surface area contributed by atoms with E-state index in [0.717, 1.165) is 17.5 Å². The van der Waals surface area contributed by atoms with Gasteiger partial charge in [0, 0.05) is 24.2 Å². The zero-order valence-electron chi connectivity index (χ0n) is 14.8. The molecule has 0 aromatic heterocycles. The van der Waals surface area contributed by atoms with Crippen molar-refractivity contribution in [1.82, 2.24) is 4.90 Å². The Labute approximate surface area is 157 Å². The Bertz CT molecular complexity index is 851. The zero-order valence-corrected chi connectivity index (χ0v) is 15.6. The van der Waals surface area contributed by atoms with Crippen molar-refractivity contribution in [2.75, 3.05) is 19.0 Å². The molecule has 0 unspecified atom stereocenters. The minimum absolute atomic E-state index is 0.179. The van der Waals surface area contributed by atoms with Gasteiger partial charge in [-0.25, -0.2) is 0 Å². The van der Waals surface area contributed by atoms with Gasteiger partial charge in [-0.15, -0.1) is 0 Å². The van der Waals surface area contributed by atoms with E-state index in [2.05, 4.69) is 11.4 Å². The number of nitrogens with zero attached hydrogens (tertiary/aromatic N) is 1. The highest BCUT2D eigenvalue weighted by Gasteiger charge is 2.22. The molecule has 136 valence electrons. The van der Waals surface area contributed by atoms with Gasteiger partial charge >= 0.3 is 0 Å². The van der Waals surface area contributed by atoms with E-state index in [0.29, 0.717) is 29.5 Å². The summed E-state index contributed by atoms with van der Waals surface area (Å²) in [4.78, 5) is 26.6. The maximum atomic E-state index is 12.5. The largest absolute Gasteiger partial charge is 0.495 e. The lowest BCUT2D eigenvalue weighted by atomic mass is 10.00. The smallest absolute Gasteiger partial charge is 0.233 e. The number of hydrogen-bond donors (Lipinski definition) is 1. The average molecular weight is 373 g/mol. The van der Waals surface area contributed by atoms with E-state index in [1.165, 1.54) is 12.7 Å². The lowest BCUT2D eigenvalue weighted by Crippen LogP contribution is -2.37. The van der Waals surface area contributed by atoms with E-state index < -0.39 is 0 Å².